The highest BCUT2D eigenvalue weighted by Gasteiger charge is 2.17. The summed E-state index contributed by atoms with van der Waals surface area (Å²) in [5, 5.41) is 5.40. The minimum Gasteiger partial charge on any atom is -0.459 e. The molecule has 0 spiro atoms. The fourth-order valence-electron chi connectivity index (χ4n) is 2.30. The van der Waals surface area contributed by atoms with Gasteiger partial charge in [-0.2, -0.15) is 0 Å². The van der Waals surface area contributed by atoms with Crippen LogP contribution in [-0.4, -0.2) is 6.54 Å². The van der Waals surface area contributed by atoms with Gasteiger partial charge >= 0.3 is 0 Å². The smallest absolute Gasteiger partial charge is 0.134 e. The molecule has 0 saturated carbocycles. The van der Waals surface area contributed by atoms with Gasteiger partial charge < -0.3 is 9.73 Å². The van der Waals surface area contributed by atoms with E-state index in [0.29, 0.717) is 5.92 Å². The first kappa shape index (κ1) is 14.4. The fraction of sp³-hybridized carbons (Fsp3) is 0.500. The van der Waals surface area contributed by atoms with E-state index in [1.54, 1.807) is 0 Å². The molecule has 19 heavy (non-hydrogen) atoms. The van der Waals surface area contributed by atoms with Gasteiger partial charge in [0.2, 0.25) is 0 Å². The summed E-state index contributed by atoms with van der Waals surface area (Å²) in [6, 6.07) is 8.15. The van der Waals surface area contributed by atoms with Gasteiger partial charge in [0.1, 0.15) is 11.3 Å². The minimum atomic E-state index is 0.283. The van der Waals surface area contributed by atoms with Crippen LogP contribution in [0.1, 0.15) is 45.4 Å². The number of halogens is 1. The quantitative estimate of drug-likeness (QED) is 0.789. The van der Waals surface area contributed by atoms with E-state index in [4.69, 9.17) is 16.0 Å². The zero-order chi connectivity index (χ0) is 13.8. The first-order valence-corrected chi connectivity index (χ1v) is 7.40. The SMILES string of the molecule is CCCNC(CC(C)C)c1cc2cc(Cl)ccc2o1. The van der Waals surface area contributed by atoms with Crippen molar-refractivity contribution in [3.63, 3.8) is 0 Å². The molecule has 2 rings (SSSR count). The van der Waals surface area contributed by atoms with Crippen LogP contribution >= 0.6 is 11.6 Å². The Kier molecular flexibility index (Phi) is 4.89. The number of hydrogen-bond acceptors (Lipinski definition) is 2. The van der Waals surface area contributed by atoms with E-state index in [2.05, 4.69) is 32.2 Å². The molecule has 0 aliphatic heterocycles. The largest absolute Gasteiger partial charge is 0.459 e. The monoisotopic (exact) mass is 279 g/mol. The first-order chi connectivity index (χ1) is 9.10. The zero-order valence-electron chi connectivity index (χ0n) is 11.9. The van der Waals surface area contributed by atoms with E-state index >= 15 is 0 Å². The van der Waals surface area contributed by atoms with E-state index in [1.165, 1.54) is 0 Å². The Hall–Kier alpha value is -0.990. The van der Waals surface area contributed by atoms with Gasteiger partial charge in [-0.3, -0.25) is 0 Å². The first-order valence-electron chi connectivity index (χ1n) is 7.02. The third kappa shape index (κ3) is 3.74. The summed E-state index contributed by atoms with van der Waals surface area (Å²) in [5.74, 6) is 1.64. The van der Waals surface area contributed by atoms with Crippen LogP contribution in [0.5, 0.6) is 0 Å². The molecule has 1 atom stereocenters. The van der Waals surface area contributed by atoms with Crippen molar-refractivity contribution < 1.29 is 4.42 Å². The van der Waals surface area contributed by atoms with Crippen molar-refractivity contribution in [2.24, 2.45) is 5.92 Å². The number of fused-ring (bicyclic) bond motifs is 1. The van der Waals surface area contributed by atoms with Crippen molar-refractivity contribution in [3.8, 4) is 0 Å². The van der Waals surface area contributed by atoms with Gasteiger partial charge in [-0.05, 0) is 49.6 Å². The van der Waals surface area contributed by atoms with E-state index < -0.39 is 0 Å². The maximum Gasteiger partial charge on any atom is 0.134 e. The Morgan fingerprint density at radius 2 is 2.05 bits per heavy atom. The molecule has 0 saturated heterocycles. The van der Waals surface area contributed by atoms with Crippen molar-refractivity contribution in [1.29, 1.82) is 0 Å². The standard InChI is InChI=1S/C16H22ClNO/c1-4-7-18-14(8-11(2)3)16-10-12-9-13(17)5-6-15(12)19-16/h5-6,9-11,14,18H,4,7-8H2,1-3H3. The normalized spacial score (nSPS) is 13.3. The topological polar surface area (TPSA) is 25.2 Å². The summed E-state index contributed by atoms with van der Waals surface area (Å²) in [6.45, 7) is 7.66. The average Bonchev–Trinajstić information content (AvgIpc) is 2.76. The third-order valence-electron chi connectivity index (χ3n) is 3.19. The minimum absolute atomic E-state index is 0.283. The Labute approximate surface area is 120 Å². The number of furan rings is 1. The summed E-state index contributed by atoms with van der Waals surface area (Å²) in [4.78, 5) is 0. The molecule has 0 fully saturated rings. The van der Waals surface area contributed by atoms with Crippen LogP contribution in [0.25, 0.3) is 11.0 Å². The fourth-order valence-corrected chi connectivity index (χ4v) is 2.48. The third-order valence-corrected chi connectivity index (χ3v) is 3.42. The van der Waals surface area contributed by atoms with Gasteiger partial charge in [0.05, 0.1) is 6.04 Å². The number of rotatable bonds is 6. The van der Waals surface area contributed by atoms with Gasteiger partial charge in [-0.1, -0.05) is 32.4 Å². The van der Waals surface area contributed by atoms with Crippen LogP contribution in [0, 0.1) is 5.92 Å². The van der Waals surface area contributed by atoms with Crippen molar-refractivity contribution >= 4 is 22.6 Å². The number of hydrogen-bond donors (Lipinski definition) is 1. The Morgan fingerprint density at radius 3 is 2.74 bits per heavy atom. The van der Waals surface area contributed by atoms with Crippen LogP contribution in [0.3, 0.4) is 0 Å². The molecule has 104 valence electrons. The molecule has 0 radical (unpaired) electrons. The summed E-state index contributed by atoms with van der Waals surface area (Å²) >= 11 is 6.02. The van der Waals surface area contributed by atoms with Crippen molar-refractivity contribution in [3.05, 3.63) is 35.0 Å². The van der Waals surface area contributed by atoms with E-state index in [0.717, 1.165) is 41.1 Å². The highest BCUT2D eigenvalue weighted by atomic mass is 35.5. The molecule has 2 aromatic rings. The Morgan fingerprint density at radius 1 is 1.26 bits per heavy atom. The molecule has 0 amide bonds. The molecule has 1 aromatic carbocycles. The Balaban J connectivity index is 2.26. The van der Waals surface area contributed by atoms with Crippen LogP contribution in [0.2, 0.25) is 5.02 Å². The lowest BCUT2D eigenvalue weighted by Crippen LogP contribution is -2.23. The second kappa shape index (κ2) is 6.44. The van der Waals surface area contributed by atoms with Crippen molar-refractivity contribution in [1.82, 2.24) is 5.32 Å². The van der Waals surface area contributed by atoms with Crippen molar-refractivity contribution in [2.75, 3.05) is 6.54 Å². The lowest BCUT2D eigenvalue weighted by molar-refractivity contribution is 0.371. The van der Waals surface area contributed by atoms with Crippen LogP contribution < -0.4 is 5.32 Å². The molecule has 1 N–H and O–H groups in total. The predicted molar refractivity (Wildman–Crippen MR) is 81.7 cm³/mol. The molecule has 2 nitrogen and oxygen atoms in total. The molecule has 1 heterocycles. The van der Waals surface area contributed by atoms with E-state index in [1.807, 2.05) is 18.2 Å². The van der Waals surface area contributed by atoms with E-state index in [-0.39, 0.29) is 6.04 Å². The van der Waals surface area contributed by atoms with Gasteiger partial charge in [0.15, 0.2) is 0 Å². The zero-order valence-corrected chi connectivity index (χ0v) is 12.6. The second-order valence-corrected chi connectivity index (χ2v) is 5.90. The molecule has 3 heteroatoms. The number of benzene rings is 1. The highest BCUT2D eigenvalue weighted by molar-refractivity contribution is 6.31. The van der Waals surface area contributed by atoms with Crippen molar-refractivity contribution in [2.45, 2.75) is 39.7 Å². The average molecular weight is 280 g/mol. The van der Waals surface area contributed by atoms with Gasteiger partial charge in [0, 0.05) is 10.4 Å². The highest BCUT2D eigenvalue weighted by Crippen LogP contribution is 2.29. The summed E-state index contributed by atoms with van der Waals surface area (Å²) in [5.41, 5.74) is 0.909. The van der Waals surface area contributed by atoms with Crippen LogP contribution in [-0.2, 0) is 0 Å². The predicted octanol–water partition coefficient (Wildman–Crippen LogP) is 5.17. The maximum atomic E-state index is 6.02. The van der Waals surface area contributed by atoms with Crippen LogP contribution in [0.15, 0.2) is 28.7 Å². The van der Waals surface area contributed by atoms with E-state index in [9.17, 15) is 0 Å². The van der Waals surface area contributed by atoms with Gasteiger partial charge in [-0.25, -0.2) is 0 Å². The molecule has 1 aromatic heterocycles. The molecular weight excluding hydrogens is 258 g/mol. The van der Waals surface area contributed by atoms with Gasteiger partial charge in [0.25, 0.3) is 0 Å². The molecule has 1 unspecified atom stereocenters. The molecule has 0 bridgehead atoms. The summed E-state index contributed by atoms with van der Waals surface area (Å²) in [7, 11) is 0. The number of nitrogens with one attached hydrogen (secondary N) is 1. The maximum absolute atomic E-state index is 6.02. The van der Waals surface area contributed by atoms with Gasteiger partial charge in [-0.15, -0.1) is 0 Å². The Bertz CT molecular complexity index is 533. The lowest BCUT2D eigenvalue weighted by Gasteiger charge is -2.18. The summed E-state index contributed by atoms with van der Waals surface area (Å²) in [6.07, 6.45) is 2.20. The second-order valence-electron chi connectivity index (χ2n) is 5.47. The molecule has 0 aliphatic rings. The van der Waals surface area contributed by atoms with Crippen LogP contribution in [0.4, 0.5) is 0 Å². The molecule has 0 aliphatic carbocycles. The molecular formula is C16H22ClNO. The lowest BCUT2D eigenvalue weighted by atomic mass is 10.0. The summed E-state index contributed by atoms with van der Waals surface area (Å²) < 4.78 is 5.96.